The molecule has 1 N–H and O–H groups in total. The Morgan fingerprint density at radius 2 is 1.79 bits per heavy atom. The summed E-state index contributed by atoms with van der Waals surface area (Å²) < 4.78 is 16.6. The fourth-order valence-electron chi connectivity index (χ4n) is 3.29. The average molecular weight is 444 g/mol. The number of hydrogen-bond acceptors (Lipinski definition) is 6. The molecule has 168 valence electrons. The summed E-state index contributed by atoms with van der Waals surface area (Å²) in [6.45, 7) is 4.34. The van der Waals surface area contributed by atoms with Crippen LogP contribution in [0.15, 0.2) is 71.3 Å². The van der Waals surface area contributed by atoms with E-state index in [1.165, 1.54) is 5.56 Å². The molecule has 0 fully saturated rings. The predicted molar refractivity (Wildman–Crippen MR) is 125 cm³/mol. The van der Waals surface area contributed by atoms with Crippen molar-refractivity contribution in [1.29, 1.82) is 0 Å². The number of carbonyl (C=O) groups is 1. The van der Waals surface area contributed by atoms with Gasteiger partial charge in [0.1, 0.15) is 0 Å². The lowest BCUT2D eigenvalue weighted by Gasteiger charge is -2.11. The lowest BCUT2D eigenvalue weighted by Crippen LogP contribution is -2.28. The minimum Gasteiger partial charge on any atom is -0.493 e. The predicted octanol–water partition coefficient (Wildman–Crippen LogP) is 4.72. The van der Waals surface area contributed by atoms with Crippen LogP contribution in [0.4, 0.5) is 0 Å². The van der Waals surface area contributed by atoms with Crippen LogP contribution in [0.3, 0.4) is 0 Å². The van der Waals surface area contributed by atoms with E-state index in [2.05, 4.69) is 15.5 Å². The first-order valence-corrected chi connectivity index (χ1v) is 10.6. The van der Waals surface area contributed by atoms with Gasteiger partial charge in [-0.1, -0.05) is 53.2 Å². The maximum Gasteiger partial charge on any atom is 0.258 e. The number of rotatable bonds is 8. The number of carbonyl (C=O) groups excluding carboxylic acids is 1. The maximum absolute atomic E-state index is 12.2. The zero-order chi connectivity index (χ0) is 23.2. The number of amides is 1. The van der Waals surface area contributed by atoms with Crippen molar-refractivity contribution in [2.24, 2.45) is 0 Å². The quantitative estimate of drug-likeness (QED) is 0.424. The summed E-state index contributed by atoms with van der Waals surface area (Å²) in [5.74, 6) is 1.60. The van der Waals surface area contributed by atoms with E-state index in [9.17, 15) is 4.79 Å². The third-order valence-corrected chi connectivity index (χ3v) is 5.19. The van der Waals surface area contributed by atoms with Crippen molar-refractivity contribution in [2.75, 3.05) is 13.7 Å². The summed E-state index contributed by atoms with van der Waals surface area (Å²) in [5.41, 5.74) is 4.86. The highest BCUT2D eigenvalue weighted by atomic mass is 16.5. The molecule has 0 unspecified atom stereocenters. The van der Waals surface area contributed by atoms with Gasteiger partial charge in [0.2, 0.25) is 5.82 Å². The molecular weight excluding hydrogens is 418 g/mol. The van der Waals surface area contributed by atoms with E-state index in [0.717, 1.165) is 16.7 Å². The molecule has 0 atom stereocenters. The van der Waals surface area contributed by atoms with E-state index in [-0.39, 0.29) is 12.5 Å². The van der Waals surface area contributed by atoms with Gasteiger partial charge in [-0.3, -0.25) is 4.79 Å². The van der Waals surface area contributed by atoms with Crippen LogP contribution in [0.25, 0.3) is 22.8 Å². The first-order valence-electron chi connectivity index (χ1n) is 10.6. The molecule has 0 spiro atoms. The smallest absolute Gasteiger partial charge is 0.258 e. The summed E-state index contributed by atoms with van der Waals surface area (Å²) >= 11 is 0. The Hall–Kier alpha value is -4.13. The molecule has 1 heterocycles. The van der Waals surface area contributed by atoms with Gasteiger partial charge in [0.05, 0.1) is 7.11 Å². The summed E-state index contributed by atoms with van der Waals surface area (Å²) in [6.07, 6.45) is 0. The highest BCUT2D eigenvalue weighted by molar-refractivity contribution is 5.77. The van der Waals surface area contributed by atoms with Gasteiger partial charge in [-0.05, 0) is 49.2 Å². The lowest BCUT2D eigenvalue weighted by molar-refractivity contribution is -0.123. The second kappa shape index (κ2) is 9.99. The number of benzene rings is 3. The lowest BCUT2D eigenvalue weighted by atomic mass is 10.1. The van der Waals surface area contributed by atoms with Crippen LogP contribution in [0.5, 0.6) is 11.5 Å². The Labute approximate surface area is 192 Å². The molecule has 3 aromatic carbocycles. The molecule has 0 radical (unpaired) electrons. The summed E-state index contributed by atoms with van der Waals surface area (Å²) in [5, 5.41) is 6.94. The van der Waals surface area contributed by atoms with E-state index in [4.69, 9.17) is 14.0 Å². The Morgan fingerprint density at radius 1 is 1.00 bits per heavy atom. The van der Waals surface area contributed by atoms with Crippen molar-refractivity contribution in [3.8, 4) is 34.3 Å². The topological polar surface area (TPSA) is 86.5 Å². The average Bonchev–Trinajstić information content (AvgIpc) is 3.32. The molecule has 0 aliphatic heterocycles. The molecule has 33 heavy (non-hydrogen) atoms. The third-order valence-electron chi connectivity index (χ3n) is 5.19. The summed E-state index contributed by atoms with van der Waals surface area (Å²) in [7, 11) is 1.54. The van der Waals surface area contributed by atoms with Crippen molar-refractivity contribution < 1.29 is 18.8 Å². The number of hydrogen-bond donors (Lipinski definition) is 1. The normalized spacial score (nSPS) is 10.6. The van der Waals surface area contributed by atoms with Gasteiger partial charge < -0.3 is 19.3 Å². The van der Waals surface area contributed by atoms with Crippen LogP contribution in [0.1, 0.15) is 16.7 Å². The highest BCUT2D eigenvalue weighted by Gasteiger charge is 2.15. The van der Waals surface area contributed by atoms with Crippen LogP contribution in [0, 0.1) is 13.8 Å². The summed E-state index contributed by atoms with van der Waals surface area (Å²) in [6, 6.07) is 21.1. The van der Waals surface area contributed by atoms with Gasteiger partial charge >= 0.3 is 0 Å². The van der Waals surface area contributed by atoms with Gasteiger partial charge in [-0.25, -0.2) is 0 Å². The fraction of sp³-hybridized carbons (Fsp3) is 0.192. The van der Waals surface area contributed by atoms with Crippen molar-refractivity contribution in [3.63, 3.8) is 0 Å². The van der Waals surface area contributed by atoms with E-state index >= 15 is 0 Å². The van der Waals surface area contributed by atoms with Crippen molar-refractivity contribution in [1.82, 2.24) is 15.5 Å². The molecule has 0 saturated heterocycles. The van der Waals surface area contributed by atoms with Gasteiger partial charge in [0.15, 0.2) is 18.1 Å². The second-order valence-corrected chi connectivity index (χ2v) is 7.65. The van der Waals surface area contributed by atoms with E-state index in [1.807, 2.05) is 62.4 Å². The number of nitrogens with one attached hydrogen (secondary N) is 1. The number of ether oxygens (including phenoxy) is 2. The molecule has 0 aliphatic carbocycles. The second-order valence-electron chi connectivity index (χ2n) is 7.65. The van der Waals surface area contributed by atoms with Gasteiger partial charge in [-0.2, -0.15) is 4.98 Å². The van der Waals surface area contributed by atoms with E-state index in [0.29, 0.717) is 35.3 Å². The monoisotopic (exact) mass is 443 g/mol. The van der Waals surface area contributed by atoms with Crippen LogP contribution < -0.4 is 14.8 Å². The zero-order valence-electron chi connectivity index (χ0n) is 18.8. The Kier molecular flexibility index (Phi) is 6.69. The van der Waals surface area contributed by atoms with Crippen molar-refractivity contribution in [2.45, 2.75) is 20.4 Å². The molecule has 1 aromatic heterocycles. The molecule has 7 nitrogen and oxygen atoms in total. The minimum atomic E-state index is -0.220. The fourth-order valence-corrected chi connectivity index (χ4v) is 3.29. The number of nitrogens with zero attached hydrogens (tertiary/aromatic N) is 2. The zero-order valence-corrected chi connectivity index (χ0v) is 18.8. The SMILES string of the molecule is COc1cc(-c2noc(-c3ccccc3C)n2)ccc1OCC(=O)NCc1ccc(C)cc1. The first kappa shape index (κ1) is 22.1. The Morgan fingerprint density at radius 3 is 2.55 bits per heavy atom. The molecule has 7 heteroatoms. The molecule has 1 amide bonds. The Bertz CT molecular complexity index is 1250. The third kappa shape index (κ3) is 5.38. The number of aromatic nitrogens is 2. The van der Waals surface area contributed by atoms with Crippen LogP contribution in [-0.4, -0.2) is 29.8 Å². The maximum atomic E-state index is 12.2. The molecule has 4 aromatic rings. The molecular formula is C26H25N3O4. The molecule has 0 bridgehead atoms. The van der Waals surface area contributed by atoms with Crippen LogP contribution in [-0.2, 0) is 11.3 Å². The largest absolute Gasteiger partial charge is 0.493 e. The Balaban J connectivity index is 1.40. The standard InChI is InChI=1S/C26H25N3O4/c1-17-8-10-19(11-9-17)15-27-24(30)16-32-22-13-12-20(14-23(22)31-3)25-28-26(33-29-25)21-7-5-4-6-18(21)2/h4-14H,15-16H2,1-3H3,(H,27,30). The summed E-state index contributed by atoms with van der Waals surface area (Å²) in [4.78, 5) is 16.7. The molecule has 0 saturated carbocycles. The molecule has 0 aliphatic rings. The molecule has 4 rings (SSSR count). The van der Waals surface area contributed by atoms with E-state index in [1.54, 1.807) is 25.3 Å². The van der Waals surface area contributed by atoms with Crippen molar-refractivity contribution >= 4 is 5.91 Å². The van der Waals surface area contributed by atoms with Gasteiger partial charge in [-0.15, -0.1) is 0 Å². The van der Waals surface area contributed by atoms with Gasteiger partial charge in [0.25, 0.3) is 11.8 Å². The van der Waals surface area contributed by atoms with E-state index < -0.39 is 0 Å². The van der Waals surface area contributed by atoms with Gasteiger partial charge in [0, 0.05) is 17.7 Å². The first-order chi connectivity index (χ1) is 16.0. The van der Waals surface area contributed by atoms with Crippen LogP contribution in [0.2, 0.25) is 0 Å². The van der Waals surface area contributed by atoms with Crippen molar-refractivity contribution in [3.05, 3.63) is 83.4 Å². The van der Waals surface area contributed by atoms with Crippen LogP contribution >= 0.6 is 0 Å². The number of methoxy groups -OCH3 is 1. The minimum absolute atomic E-state index is 0.124. The highest BCUT2D eigenvalue weighted by Crippen LogP contribution is 2.32. The number of aryl methyl sites for hydroxylation is 2.